The minimum absolute atomic E-state index is 0. The van der Waals surface area contributed by atoms with Gasteiger partial charge >= 0.3 is 0 Å². The van der Waals surface area contributed by atoms with Gasteiger partial charge < -0.3 is 16.0 Å². The third kappa shape index (κ3) is 7.31. The molecular formula is C21H35IN4O. The molecule has 6 heteroatoms. The molecule has 1 aliphatic rings. The number of benzene rings is 1. The Morgan fingerprint density at radius 3 is 2.33 bits per heavy atom. The van der Waals surface area contributed by atoms with E-state index >= 15 is 0 Å². The second kappa shape index (κ2) is 12.2. The van der Waals surface area contributed by atoms with E-state index < -0.39 is 0 Å². The van der Waals surface area contributed by atoms with Crippen LogP contribution in [0.5, 0.6) is 0 Å². The van der Waals surface area contributed by atoms with Gasteiger partial charge in [0.15, 0.2) is 5.96 Å². The lowest BCUT2D eigenvalue weighted by Crippen LogP contribution is -2.46. The van der Waals surface area contributed by atoms with E-state index in [1.807, 2.05) is 24.3 Å². The number of rotatable bonds is 9. The van der Waals surface area contributed by atoms with Crippen molar-refractivity contribution in [1.82, 2.24) is 16.0 Å². The van der Waals surface area contributed by atoms with Gasteiger partial charge in [0.1, 0.15) is 0 Å². The molecular weight excluding hydrogens is 451 g/mol. The highest BCUT2D eigenvalue weighted by atomic mass is 127. The second-order valence-corrected chi connectivity index (χ2v) is 7.29. The van der Waals surface area contributed by atoms with Crippen LogP contribution in [0.4, 0.5) is 0 Å². The maximum absolute atomic E-state index is 12.0. The largest absolute Gasteiger partial charge is 0.356 e. The summed E-state index contributed by atoms with van der Waals surface area (Å²) in [7, 11) is 1.80. The summed E-state index contributed by atoms with van der Waals surface area (Å²) in [5.41, 5.74) is 2.30. The van der Waals surface area contributed by atoms with Crippen LogP contribution in [0.25, 0.3) is 0 Å². The molecule has 0 aliphatic heterocycles. The zero-order valence-corrected chi connectivity index (χ0v) is 19.3. The van der Waals surface area contributed by atoms with Crippen molar-refractivity contribution in [2.75, 3.05) is 20.1 Å². The molecule has 0 heterocycles. The average Bonchev–Trinajstić information content (AvgIpc) is 2.64. The van der Waals surface area contributed by atoms with Crippen LogP contribution in [0.15, 0.2) is 29.3 Å². The molecule has 0 spiro atoms. The number of amides is 1. The number of guanidine groups is 1. The molecule has 0 unspecified atom stereocenters. The summed E-state index contributed by atoms with van der Waals surface area (Å²) < 4.78 is 0. The van der Waals surface area contributed by atoms with E-state index in [9.17, 15) is 4.79 Å². The summed E-state index contributed by atoms with van der Waals surface area (Å²) in [6.07, 6.45) is 7.29. The van der Waals surface area contributed by atoms with Crippen LogP contribution in [0.1, 0.15) is 68.3 Å². The maximum atomic E-state index is 12.0. The van der Waals surface area contributed by atoms with E-state index in [2.05, 4.69) is 34.8 Å². The summed E-state index contributed by atoms with van der Waals surface area (Å²) in [4.78, 5) is 16.3. The molecule has 0 bridgehead atoms. The van der Waals surface area contributed by atoms with Crippen LogP contribution in [-0.2, 0) is 6.54 Å². The van der Waals surface area contributed by atoms with Crippen molar-refractivity contribution in [3.05, 3.63) is 35.4 Å². The third-order valence-electron chi connectivity index (χ3n) is 5.51. The van der Waals surface area contributed by atoms with Crippen LogP contribution in [0.3, 0.4) is 0 Å². The molecule has 5 nitrogen and oxygen atoms in total. The Balaban J connectivity index is 0.00000364. The van der Waals surface area contributed by atoms with Crippen molar-refractivity contribution in [3.63, 3.8) is 0 Å². The summed E-state index contributed by atoms with van der Waals surface area (Å²) in [5.74, 6) is 0.840. The normalized spacial score (nSPS) is 15.3. The lowest BCUT2D eigenvalue weighted by molar-refractivity contribution is 0.0953. The number of aliphatic imine (C=N–C) groups is 1. The van der Waals surface area contributed by atoms with Gasteiger partial charge in [-0.05, 0) is 48.8 Å². The van der Waals surface area contributed by atoms with Gasteiger partial charge in [-0.25, -0.2) is 0 Å². The molecule has 1 saturated carbocycles. The first kappa shape index (κ1) is 23.7. The molecule has 1 aromatic rings. The van der Waals surface area contributed by atoms with Crippen LogP contribution >= 0.6 is 24.0 Å². The van der Waals surface area contributed by atoms with E-state index in [0.717, 1.165) is 37.5 Å². The molecule has 1 aromatic carbocycles. The maximum Gasteiger partial charge on any atom is 0.251 e. The van der Waals surface area contributed by atoms with Gasteiger partial charge in [0.2, 0.25) is 0 Å². The molecule has 1 aliphatic carbocycles. The monoisotopic (exact) mass is 486 g/mol. The van der Waals surface area contributed by atoms with E-state index in [1.165, 1.54) is 25.7 Å². The van der Waals surface area contributed by atoms with Gasteiger partial charge in [0.25, 0.3) is 5.91 Å². The lowest BCUT2D eigenvalue weighted by Gasteiger charge is -2.41. The predicted molar refractivity (Wildman–Crippen MR) is 124 cm³/mol. The molecule has 0 saturated heterocycles. The first-order valence-corrected chi connectivity index (χ1v) is 9.94. The first-order chi connectivity index (χ1) is 12.6. The van der Waals surface area contributed by atoms with Crippen LogP contribution in [-0.4, -0.2) is 32.0 Å². The van der Waals surface area contributed by atoms with Crippen molar-refractivity contribution < 1.29 is 4.79 Å². The Morgan fingerprint density at radius 1 is 1.11 bits per heavy atom. The molecule has 1 amide bonds. The number of halogens is 1. The number of hydrogen-bond donors (Lipinski definition) is 3. The molecule has 0 aromatic heterocycles. The van der Waals surface area contributed by atoms with Gasteiger partial charge in [0, 0.05) is 32.2 Å². The van der Waals surface area contributed by atoms with E-state index in [-0.39, 0.29) is 29.9 Å². The minimum Gasteiger partial charge on any atom is -0.356 e. The molecule has 0 radical (unpaired) electrons. The lowest BCUT2D eigenvalue weighted by atomic mass is 9.67. The zero-order chi connectivity index (χ0) is 18.8. The minimum atomic E-state index is 0. The highest BCUT2D eigenvalue weighted by molar-refractivity contribution is 14.0. The van der Waals surface area contributed by atoms with Crippen molar-refractivity contribution in [1.29, 1.82) is 0 Å². The molecule has 27 heavy (non-hydrogen) atoms. The Morgan fingerprint density at radius 2 is 1.81 bits per heavy atom. The summed E-state index contributed by atoms with van der Waals surface area (Å²) in [6.45, 7) is 6.80. The Bertz CT molecular complexity index is 591. The van der Waals surface area contributed by atoms with Crippen molar-refractivity contribution in [2.24, 2.45) is 10.4 Å². The molecule has 0 atom stereocenters. The van der Waals surface area contributed by atoms with Gasteiger partial charge in [-0.3, -0.25) is 9.79 Å². The van der Waals surface area contributed by atoms with Crippen LogP contribution < -0.4 is 16.0 Å². The first-order valence-electron chi connectivity index (χ1n) is 9.94. The topological polar surface area (TPSA) is 65.5 Å². The number of hydrogen-bond acceptors (Lipinski definition) is 2. The van der Waals surface area contributed by atoms with Crippen LogP contribution in [0, 0.1) is 5.41 Å². The third-order valence-corrected chi connectivity index (χ3v) is 5.51. The molecule has 3 N–H and O–H groups in total. The van der Waals surface area contributed by atoms with Crippen molar-refractivity contribution in [2.45, 2.75) is 58.9 Å². The van der Waals surface area contributed by atoms with Gasteiger partial charge in [-0.1, -0.05) is 38.8 Å². The fourth-order valence-corrected chi connectivity index (χ4v) is 3.26. The molecule has 2 rings (SSSR count). The summed E-state index contributed by atoms with van der Waals surface area (Å²) in [6, 6.07) is 7.76. The summed E-state index contributed by atoms with van der Waals surface area (Å²) >= 11 is 0. The standard InChI is InChI=1S/C21H34N4O.HI/c1-4-6-14-23-19(26)18-10-8-17(9-11-18)15-24-20(22-3)25-16-21(5-2)12-7-13-21;/h8-11H,4-7,12-16H2,1-3H3,(H,23,26)(H2,22,24,25);1H. The van der Waals surface area contributed by atoms with E-state index in [4.69, 9.17) is 0 Å². The van der Waals surface area contributed by atoms with Gasteiger partial charge in [-0.2, -0.15) is 0 Å². The van der Waals surface area contributed by atoms with E-state index in [1.54, 1.807) is 7.05 Å². The predicted octanol–water partition coefficient (Wildman–Crippen LogP) is 4.08. The molecule has 1 fully saturated rings. The van der Waals surface area contributed by atoms with Crippen molar-refractivity contribution in [3.8, 4) is 0 Å². The van der Waals surface area contributed by atoms with Crippen molar-refractivity contribution >= 4 is 35.8 Å². The highest BCUT2D eigenvalue weighted by Crippen LogP contribution is 2.42. The number of nitrogens with zero attached hydrogens (tertiary/aromatic N) is 1. The van der Waals surface area contributed by atoms with Crippen LogP contribution in [0.2, 0.25) is 0 Å². The summed E-state index contributed by atoms with van der Waals surface area (Å²) in [5, 5.41) is 9.77. The smallest absolute Gasteiger partial charge is 0.251 e. The Kier molecular flexibility index (Phi) is 10.7. The number of unbranched alkanes of at least 4 members (excludes halogenated alkanes) is 1. The SMILES string of the molecule is CCCCNC(=O)c1ccc(CNC(=NC)NCC2(CC)CCC2)cc1.I. The van der Waals surface area contributed by atoms with E-state index in [0.29, 0.717) is 17.5 Å². The number of carbonyl (C=O) groups excluding carboxylic acids is 1. The van der Waals surface area contributed by atoms with Gasteiger partial charge in [-0.15, -0.1) is 24.0 Å². The highest BCUT2D eigenvalue weighted by Gasteiger charge is 2.34. The fourth-order valence-electron chi connectivity index (χ4n) is 3.26. The average molecular weight is 486 g/mol. The fraction of sp³-hybridized carbons (Fsp3) is 0.619. The second-order valence-electron chi connectivity index (χ2n) is 7.29. The Hall–Kier alpha value is -1.31. The zero-order valence-electron chi connectivity index (χ0n) is 16.9. The number of nitrogens with one attached hydrogen (secondary N) is 3. The van der Waals surface area contributed by atoms with Gasteiger partial charge in [0.05, 0.1) is 0 Å². The molecule has 152 valence electrons. The quantitative estimate of drug-likeness (QED) is 0.213. The Labute approximate surface area is 181 Å². The number of carbonyl (C=O) groups is 1.